The quantitative estimate of drug-likeness (QED) is 0.632. The summed E-state index contributed by atoms with van der Waals surface area (Å²) >= 11 is 0. The van der Waals surface area contributed by atoms with Crippen LogP contribution in [-0.2, 0) is 11.2 Å². The highest BCUT2D eigenvalue weighted by atomic mass is 16.4. The molecule has 1 amide bonds. The predicted octanol–water partition coefficient (Wildman–Crippen LogP) is 4.99. The first-order chi connectivity index (χ1) is 13.7. The van der Waals surface area contributed by atoms with Crippen molar-refractivity contribution >= 4 is 5.91 Å². The summed E-state index contributed by atoms with van der Waals surface area (Å²) in [6, 6.07) is 18.8. The number of hydrogen-bond acceptors (Lipinski definition) is 3. The maximum absolute atomic E-state index is 12.6. The number of aromatic nitrogens is 1. The average Bonchev–Trinajstić information content (AvgIpc) is 3.22. The van der Waals surface area contributed by atoms with Crippen molar-refractivity contribution in [1.29, 1.82) is 0 Å². The number of carbonyl (C=O) groups is 1. The van der Waals surface area contributed by atoms with Crippen LogP contribution in [0.15, 0.2) is 65.2 Å². The molecule has 2 aromatic carbocycles. The van der Waals surface area contributed by atoms with E-state index in [2.05, 4.69) is 54.4 Å². The van der Waals surface area contributed by atoms with Crippen molar-refractivity contribution in [1.82, 2.24) is 9.88 Å². The second-order valence-electron chi connectivity index (χ2n) is 7.55. The molecule has 2 heterocycles. The van der Waals surface area contributed by atoms with Crippen LogP contribution in [-0.4, -0.2) is 28.9 Å². The average molecular weight is 374 g/mol. The van der Waals surface area contributed by atoms with Gasteiger partial charge in [0.25, 0.3) is 0 Å². The standard InChI is InChI=1S/C24H26N2O2/c1-18-7-9-21(10-8-18)22-17-25-23(28-22)11-12-24(27)26-15-13-20(14-16-26)19-5-3-2-4-6-19/h2-10,17,20H,11-16H2,1H3. The number of aryl methyl sites for hydroxylation is 2. The minimum Gasteiger partial charge on any atom is -0.441 e. The van der Waals surface area contributed by atoms with Crippen LogP contribution in [0, 0.1) is 6.92 Å². The molecule has 1 aromatic heterocycles. The zero-order chi connectivity index (χ0) is 19.3. The Balaban J connectivity index is 1.28. The number of benzene rings is 2. The highest BCUT2D eigenvalue weighted by Crippen LogP contribution is 2.28. The van der Waals surface area contributed by atoms with Gasteiger partial charge in [0.2, 0.25) is 5.91 Å². The van der Waals surface area contributed by atoms with Gasteiger partial charge >= 0.3 is 0 Å². The molecule has 0 bridgehead atoms. The molecule has 0 aliphatic carbocycles. The van der Waals surface area contributed by atoms with Gasteiger partial charge < -0.3 is 9.32 Å². The fourth-order valence-corrected chi connectivity index (χ4v) is 3.84. The molecule has 1 saturated heterocycles. The summed E-state index contributed by atoms with van der Waals surface area (Å²) in [4.78, 5) is 18.9. The molecule has 144 valence electrons. The van der Waals surface area contributed by atoms with Gasteiger partial charge in [-0.05, 0) is 31.2 Å². The Kier molecular flexibility index (Phi) is 5.56. The van der Waals surface area contributed by atoms with Crippen molar-refractivity contribution in [3.05, 3.63) is 77.8 Å². The molecule has 4 nitrogen and oxygen atoms in total. The Bertz CT molecular complexity index is 907. The van der Waals surface area contributed by atoms with Gasteiger partial charge in [-0.25, -0.2) is 4.98 Å². The Labute approximate surface area is 166 Å². The first-order valence-corrected chi connectivity index (χ1v) is 10.0. The minimum absolute atomic E-state index is 0.196. The van der Waals surface area contributed by atoms with E-state index < -0.39 is 0 Å². The second kappa shape index (κ2) is 8.42. The normalized spacial score (nSPS) is 15.0. The molecule has 4 heteroatoms. The van der Waals surface area contributed by atoms with Gasteiger partial charge in [0, 0.05) is 31.5 Å². The fourth-order valence-electron chi connectivity index (χ4n) is 3.84. The van der Waals surface area contributed by atoms with E-state index in [1.54, 1.807) is 6.20 Å². The van der Waals surface area contributed by atoms with Crippen LogP contribution in [0.3, 0.4) is 0 Å². The van der Waals surface area contributed by atoms with E-state index in [1.165, 1.54) is 11.1 Å². The van der Waals surface area contributed by atoms with Gasteiger partial charge in [-0.15, -0.1) is 0 Å². The van der Waals surface area contributed by atoms with E-state index in [4.69, 9.17) is 4.42 Å². The molecule has 0 N–H and O–H groups in total. The van der Waals surface area contributed by atoms with Gasteiger partial charge in [-0.2, -0.15) is 0 Å². The number of hydrogen-bond donors (Lipinski definition) is 0. The maximum Gasteiger partial charge on any atom is 0.223 e. The monoisotopic (exact) mass is 374 g/mol. The lowest BCUT2D eigenvalue weighted by Gasteiger charge is -2.32. The first-order valence-electron chi connectivity index (χ1n) is 10.0. The predicted molar refractivity (Wildman–Crippen MR) is 110 cm³/mol. The van der Waals surface area contributed by atoms with Crippen molar-refractivity contribution in [2.75, 3.05) is 13.1 Å². The molecule has 4 rings (SSSR count). The molecule has 1 aliphatic rings. The van der Waals surface area contributed by atoms with Crippen molar-refractivity contribution in [2.45, 2.75) is 38.5 Å². The second-order valence-corrected chi connectivity index (χ2v) is 7.55. The highest BCUT2D eigenvalue weighted by molar-refractivity contribution is 5.76. The fraction of sp³-hybridized carbons (Fsp3) is 0.333. The number of oxazole rings is 1. The lowest BCUT2D eigenvalue weighted by atomic mass is 9.89. The molecule has 0 atom stereocenters. The van der Waals surface area contributed by atoms with Crippen LogP contribution >= 0.6 is 0 Å². The molecule has 28 heavy (non-hydrogen) atoms. The van der Waals surface area contributed by atoms with Crippen molar-refractivity contribution in [2.24, 2.45) is 0 Å². The number of amides is 1. The number of piperidine rings is 1. The zero-order valence-corrected chi connectivity index (χ0v) is 16.3. The van der Waals surface area contributed by atoms with Crippen molar-refractivity contribution in [3.8, 4) is 11.3 Å². The van der Waals surface area contributed by atoms with E-state index >= 15 is 0 Å². The third-order valence-corrected chi connectivity index (χ3v) is 5.56. The van der Waals surface area contributed by atoms with E-state index in [-0.39, 0.29) is 5.91 Å². The number of nitrogens with zero attached hydrogens (tertiary/aromatic N) is 2. The number of rotatable bonds is 5. The zero-order valence-electron chi connectivity index (χ0n) is 16.3. The van der Waals surface area contributed by atoms with Crippen LogP contribution in [0.1, 0.15) is 42.2 Å². The number of likely N-dealkylation sites (tertiary alicyclic amines) is 1. The Morgan fingerprint density at radius 1 is 1.07 bits per heavy atom. The molecule has 0 spiro atoms. The van der Waals surface area contributed by atoms with Gasteiger partial charge in [0.1, 0.15) is 0 Å². The summed E-state index contributed by atoms with van der Waals surface area (Å²) in [5.74, 6) is 2.14. The topological polar surface area (TPSA) is 46.3 Å². The van der Waals surface area contributed by atoms with Gasteiger partial charge in [0.15, 0.2) is 11.7 Å². The van der Waals surface area contributed by atoms with Crippen LogP contribution in [0.5, 0.6) is 0 Å². The lowest BCUT2D eigenvalue weighted by molar-refractivity contribution is -0.132. The van der Waals surface area contributed by atoms with Gasteiger partial charge in [-0.1, -0.05) is 60.2 Å². The SMILES string of the molecule is Cc1ccc(-c2cnc(CCC(=O)N3CCC(c4ccccc4)CC3)o2)cc1. The van der Waals surface area contributed by atoms with E-state index in [0.717, 1.165) is 37.3 Å². The number of carbonyl (C=O) groups excluding carboxylic acids is 1. The largest absolute Gasteiger partial charge is 0.441 e. The third-order valence-electron chi connectivity index (χ3n) is 5.56. The van der Waals surface area contributed by atoms with Crippen molar-refractivity contribution in [3.63, 3.8) is 0 Å². The van der Waals surface area contributed by atoms with Crippen LogP contribution < -0.4 is 0 Å². The first kappa shape index (κ1) is 18.5. The summed E-state index contributed by atoms with van der Waals surface area (Å²) in [7, 11) is 0. The lowest BCUT2D eigenvalue weighted by Crippen LogP contribution is -2.38. The molecule has 1 aliphatic heterocycles. The molecule has 0 saturated carbocycles. The third kappa shape index (κ3) is 4.33. The van der Waals surface area contributed by atoms with Crippen LogP contribution in [0.25, 0.3) is 11.3 Å². The highest BCUT2D eigenvalue weighted by Gasteiger charge is 2.23. The van der Waals surface area contributed by atoms with Gasteiger partial charge in [-0.3, -0.25) is 4.79 Å². The molecular weight excluding hydrogens is 348 g/mol. The molecule has 0 radical (unpaired) electrons. The Morgan fingerprint density at radius 3 is 2.50 bits per heavy atom. The summed E-state index contributed by atoms with van der Waals surface area (Å²) < 4.78 is 5.84. The van der Waals surface area contributed by atoms with E-state index in [1.807, 2.05) is 17.0 Å². The molecule has 3 aromatic rings. The Hall–Kier alpha value is -2.88. The summed E-state index contributed by atoms with van der Waals surface area (Å²) in [5.41, 5.74) is 3.61. The van der Waals surface area contributed by atoms with Crippen LogP contribution in [0.2, 0.25) is 0 Å². The maximum atomic E-state index is 12.6. The van der Waals surface area contributed by atoms with E-state index in [0.29, 0.717) is 24.7 Å². The van der Waals surface area contributed by atoms with E-state index in [9.17, 15) is 4.79 Å². The molecule has 1 fully saturated rings. The van der Waals surface area contributed by atoms with Gasteiger partial charge in [0.05, 0.1) is 6.20 Å². The molecular formula is C24H26N2O2. The van der Waals surface area contributed by atoms with Crippen LogP contribution in [0.4, 0.5) is 0 Å². The summed E-state index contributed by atoms with van der Waals surface area (Å²) in [6.45, 7) is 3.72. The Morgan fingerprint density at radius 2 is 1.79 bits per heavy atom. The van der Waals surface area contributed by atoms with Crippen molar-refractivity contribution < 1.29 is 9.21 Å². The summed E-state index contributed by atoms with van der Waals surface area (Å²) in [6.07, 6.45) is 4.81. The smallest absolute Gasteiger partial charge is 0.223 e. The minimum atomic E-state index is 0.196. The summed E-state index contributed by atoms with van der Waals surface area (Å²) in [5, 5.41) is 0. The molecule has 0 unspecified atom stereocenters.